The highest BCUT2D eigenvalue weighted by atomic mass is 35.5. The third-order valence-corrected chi connectivity index (χ3v) is 7.21. The first-order valence-corrected chi connectivity index (χ1v) is 14.9. The first kappa shape index (κ1) is 44.1. The molecule has 5 rings (SSSR count). The number of aliphatic hydroxyl groups excluding tert-OH is 1. The minimum Gasteiger partial charge on any atom is -0.506 e. The van der Waals surface area contributed by atoms with Gasteiger partial charge in [0.1, 0.15) is 23.4 Å². The Balaban J connectivity index is 0.000000738. The van der Waals surface area contributed by atoms with Gasteiger partial charge in [0.15, 0.2) is 23.7 Å². The summed E-state index contributed by atoms with van der Waals surface area (Å²) in [5.74, 6) is 0.145. The van der Waals surface area contributed by atoms with E-state index in [9.17, 15) is 9.90 Å². The molecule has 3 N–H and O–H groups in total. The fourth-order valence-electron chi connectivity index (χ4n) is 3.60. The van der Waals surface area contributed by atoms with Crippen molar-refractivity contribution in [3.05, 3.63) is 97.0 Å². The van der Waals surface area contributed by atoms with Crippen molar-refractivity contribution in [2.24, 2.45) is 0 Å². The molecule has 258 valence electrons. The first-order chi connectivity index (χ1) is 20.8. The number of aryl methyl sites for hydroxylation is 1. The lowest BCUT2D eigenvalue weighted by Gasteiger charge is -2.20. The molecule has 0 aliphatic rings. The van der Waals surface area contributed by atoms with Crippen LogP contribution >= 0.6 is 69.6 Å². The number of ether oxygens (including phenoxy) is 1. The van der Waals surface area contributed by atoms with E-state index in [1.807, 2.05) is 0 Å². The van der Waals surface area contributed by atoms with E-state index in [1.54, 1.807) is 38.1 Å². The first-order valence-electron chi connectivity index (χ1n) is 12.6. The lowest BCUT2D eigenvalue weighted by atomic mass is 10.1. The number of oxazole rings is 2. The zero-order valence-electron chi connectivity index (χ0n) is 23.1. The number of aromatic hydroxyl groups is 1. The molecule has 15 heteroatoms. The van der Waals surface area contributed by atoms with Gasteiger partial charge in [0, 0.05) is 15.1 Å². The zero-order valence-corrected chi connectivity index (χ0v) is 27.6. The van der Waals surface area contributed by atoms with E-state index >= 15 is 0 Å². The summed E-state index contributed by atoms with van der Waals surface area (Å²) in [5, 5.41) is 24.7. The van der Waals surface area contributed by atoms with Crippen molar-refractivity contribution in [2.75, 3.05) is 6.61 Å². The van der Waals surface area contributed by atoms with Crippen LogP contribution in [0.15, 0.2) is 64.3 Å². The Morgan fingerprint density at radius 3 is 2.06 bits per heavy atom. The molecule has 2 atom stereocenters. The summed E-state index contributed by atoms with van der Waals surface area (Å²) in [7, 11) is 0. The number of fused-ring (bicyclic) bond motifs is 2. The van der Waals surface area contributed by atoms with Crippen LogP contribution in [0.3, 0.4) is 0 Å². The summed E-state index contributed by atoms with van der Waals surface area (Å²) in [5.41, 5.74) is 2.71. The monoisotopic (exact) mass is 769 g/mol. The van der Waals surface area contributed by atoms with Crippen molar-refractivity contribution in [2.45, 2.75) is 54.7 Å². The summed E-state index contributed by atoms with van der Waals surface area (Å²) in [6.07, 6.45) is 1.42. The number of alkyl carbamates (subject to hydrolysis) is 1. The molecule has 2 aromatic heterocycles. The Kier molecular flexibility index (Phi) is 19.2. The number of phenolic OH excluding ortho intramolecular Hbond substituents is 1. The van der Waals surface area contributed by atoms with Gasteiger partial charge in [-0.1, -0.05) is 111 Å². The Labute approximate surface area is 304 Å². The van der Waals surface area contributed by atoms with Crippen LogP contribution in [0.25, 0.3) is 22.2 Å². The van der Waals surface area contributed by atoms with Crippen LogP contribution in [-0.2, 0) is 4.74 Å². The number of aliphatic hydroxyl groups is 1. The number of hydrogen-bond acceptors (Lipinski definition) is 8. The van der Waals surface area contributed by atoms with E-state index in [1.165, 1.54) is 24.6 Å². The molecule has 2 heterocycles. The third-order valence-electron chi connectivity index (χ3n) is 5.71. The third kappa shape index (κ3) is 12.3. The van der Waals surface area contributed by atoms with E-state index in [2.05, 4.69) is 21.9 Å². The number of nitrogens with one attached hydrogen (secondary N) is 1. The second-order valence-electron chi connectivity index (χ2n) is 8.92. The number of carbonyl (C=O) groups is 1. The normalized spacial score (nSPS) is 11.3. The zero-order chi connectivity index (χ0) is 32.6. The SMILES string of the molecule is C.C.C.C=CCOC(=O)N[C@@H](CC)C(O)c1nc2cc(Cl)cc(Cl)c2o1.Cc1cc(Cl)cc(Cl)c1O.Clc1cc(Cl)c2ocnc2c1. The fourth-order valence-corrected chi connectivity index (χ4v) is 5.24. The van der Waals surface area contributed by atoms with Crippen molar-refractivity contribution in [1.29, 1.82) is 0 Å². The van der Waals surface area contributed by atoms with Crippen LogP contribution in [0.2, 0.25) is 30.1 Å². The number of halogens is 6. The predicted octanol–water partition coefficient (Wildman–Crippen LogP) is 11.9. The maximum absolute atomic E-state index is 11.6. The maximum atomic E-state index is 11.6. The van der Waals surface area contributed by atoms with Crippen LogP contribution < -0.4 is 5.32 Å². The van der Waals surface area contributed by atoms with Crippen molar-refractivity contribution >= 4 is 97.9 Å². The molecule has 1 amide bonds. The van der Waals surface area contributed by atoms with Crippen molar-refractivity contribution in [1.82, 2.24) is 15.3 Å². The molecular weight excluding hydrogens is 735 g/mol. The summed E-state index contributed by atoms with van der Waals surface area (Å²) in [6.45, 7) is 7.07. The molecule has 0 radical (unpaired) electrons. The molecule has 1 unspecified atom stereocenters. The number of phenols is 1. The van der Waals surface area contributed by atoms with Crippen LogP contribution in [0.4, 0.5) is 4.79 Å². The van der Waals surface area contributed by atoms with Crippen molar-refractivity contribution in [3.8, 4) is 5.75 Å². The number of rotatable bonds is 6. The fraction of sp³-hybridized carbons (Fsp3) is 0.281. The number of nitrogens with zero attached hydrogens (tertiary/aromatic N) is 2. The highest BCUT2D eigenvalue weighted by molar-refractivity contribution is 6.38. The molecule has 3 aromatic carbocycles. The van der Waals surface area contributed by atoms with Crippen LogP contribution in [0, 0.1) is 6.92 Å². The van der Waals surface area contributed by atoms with Gasteiger partial charge in [-0.2, -0.15) is 0 Å². The van der Waals surface area contributed by atoms with Gasteiger partial charge in [-0.25, -0.2) is 14.8 Å². The summed E-state index contributed by atoms with van der Waals surface area (Å²) in [6, 6.07) is 8.95. The summed E-state index contributed by atoms with van der Waals surface area (Å²) < 4.78 is 15.3. The van der Waals surface area contributed by atoms with E-state index in [0.717, 1.165) is 0 Å². The Bertz CT molecular complexity index is 1740. The largest absolute Gasteiger partial charge is 0.506 e. The topological polar surface area (TPSA) is 131 Å². The quantitative estimate of drug-likeness (QED) is 0.145. The van der Waals surface area contributed by atoms with Gasteiger partial charge in [0.25, 0.3) is 0 Å². The standard InChI is InChI=1S/C15H16Cl2N2O4.C7H3Cl2NO.C7H6Cl2O.3CH4/c1-3-5-22-15(21)19-10(4-2)12(20)14-18-11-7-8(16)6-9(17)13(11)23-14;8-4-1-5(9)7-6(2-4)10-3-11-7;1-4-2-5(8)3-6(9)7(4)10;;;/h3,6-7,10,12,20H,1,4-5H2,2H3,(H,19,21);1-3H;2-3,10H,1H3;3*1H4/t10-,12?;;;;;/m0...../s1. The van der Waals surface area contributed by atoms with Gasteiger partial charge < -0.3 is 29.1 Å². The van der Waals surface area contributed by atoms with E-state index in [-0.39, 0.29) is 40.5 Å². The highest BCUT2D eigenvalue weighted by Crippen LogP contribution is 2.32. The van der Waals surface area contributed by atoms with Crippen molar-refractivity contribution < 1.29 is 28.6 Å². The smallest absolute Gasteiger partial charge is 0.407 e. The Morgan fingerprint density at radius 1 is 0.936 bits per heavy atom. The highest BCUT2D eigenvalue weighted by Gasteiger charge is 2.27. The molecule has 5 aromatic rings. The molecule has 0 saturated carbocycles. The molecule has 0 spiro atoms. The number of aromatic nitrogens is 2. The number of hydrogen-bond donors (Lipinski definition) is 3. The van der Waals surface area contributed by atoms with Gasteiger partial charge in [0.05, 0.1) is 21.1 Å². The number of benzene rings is 3. The van der Waals surface area contributed by atoms with Gasteiger partial charge >= 0.3 is 6.09 Å². The number of carbonyl (C=O) groups excluding carboxylic acids is 1. The average molecular weight is 772 g/mol. The van der Waals surface area contributed by atoms with Gasteiger partial charge in [0.2, 0.25) is 5.89 Å². The maximum Gasteiger partial charge on any atom is 0.407 e. The van der Waals surface area contributed by atoms with E-state index in [0.29, 0.717) is 64.3 Å². The molecule has 9 nitrogen and oxygen atoms in total. The molecule has 0 saturated heterocycles. The van der Waals surface area contributed by atoms with Gasteiger partial charge in [-0.3, -0.25) is 0 Å². The molecule has 0 aliphatic heterocycles. The second-order valence-corrected chi connectivity index (χ2v) is 11.5. The van der Waals surface area contributed by atoms with Gasteiger partial charge in [-0.15, -0.1) is 0 Å². The predicted molar refractivity (Wildman–Crippen MR) is 195 cm³/mol. The number of amides is 1. The molecule has 47 heavy (non-hydrogen) atoms. The molecule has 0 fully saturated rings. The summed E-state index contributed by atoms with van der Waals surface area (Å²) >= 11 is 34.7. The van der Waals surface area contributed by atoms with Crippen LogP contribution in [0.5, 0.6) is 5.75 Å². The van der Waals surface area contributed by atoms with Crippen LogP contribution in [0.1, 0.15) is 53.2 Å². The Hall–Kier alpha value is -2.89. The lowest BCUT2D eigenvalue weighted by molar-refractivity contribution is 0.0896. The minimum absolute atomic E-state index is 0. The van der Waals surface area contributed by atoms with Crippen LogP contribution in [-0.4, -0.2) is 38.9 Å². The second kappa shape index (κ2) is 20.5. The molecular formula is C32H37Cl6N3O6. The minimum atomic E-state index is -1.15. The van der Waals surface area contributed by atoms with Gasteiger partial charge in [-0.05, 0) is 55.3 Å². The van der Waals surface area contributed by atoms with E-state index in [4.69, 9.17) is 88.3 Å². The van der Waals surface area contributed by atoms with E-state index < -0.39 is 18.2 Å². The van der Waals surface area contributed by atoms with Crippen molar-refractivity contribution in [3.63, 3.8) is 0 Å². The lowest BCUT2D eigenvalue weighted by Crippen LogP contribution is -2.39. The Morgan fingerprint density at radius 2 is 1.49 bits per heavy atom. The summed E-state index contributed by atoms with van der Waals surface area (Å²) in [4.78, 5) is 19.7. The molecule has 0 bridgehead atoms. The molecule has 0 aliphatic carbocycles. The average Bonchev–Trinajstić information content (AvgIpc) is 3.61.